The fourth-order valence-corrected chi connectivity index (χ4v) is 5.04. The van der Waals surface area contributed by atoms with Crippen LogP contribution >= 0.6 is 0 Å². The highest BCUT2D eigenvalue weighted by molar-refractivity contribution is 5.77. The Morgan fingerprint density at radius 1 is 1.03 bits per heavy atom. The van der Waals surface area contributed by atoms with Crippen molar-refractivity contribution in [3.05, 3.63) is 0 Å². The molecule has 0 saturated carbocycles. The molecule has 0 bridgehead atoms. The van der Waals surface area contributed by atoms with Gasteiger partial charge in [0.05, 0.1) is 33.0 Å². The van der Waals surface area contributed by atoms with Gasteiger partial charge >= 0.3 is 5.97 Å². The first-order valence-corrected chi connectivity index (χ1v) is 10.9. The molecule has 0 aromatic heterocycles. The number of esters is 1. The molecule has 4 saturated heterocycles. The predicted molar refractivity (Wildman–Crippen MR) is 100 cm³/mol. The highest BCUT2D eigenvalue weighted by Crippen LogP contribution is 2.52. The number of rotatable bonds is 4. The Bertz CT molecular complexity index is 645. The van der Waals surface area contributed by atoms with Gasteiger partial charge in [-0.1, -0.05) is 0 Å². The lowest BCUT2D eigenvalue weighted by Crippen LogP contribution is -2.75. The van der Waals surface area contributed by atoms with Gasteiger partial charge in [0.2, 0.25) is 11.6 Å². The molecule has 8 atom stereocenters. The zero-order chi connectivity index (χ0) is 22.3. The van der Waals surface area contributed by atoms with E-state index in [-0.39, 0.29) is 6.42 Å². The highest BCUT2D eigenvalue weighted by atomic mass is 16.8. The van der Waals surface area contributed by atoms with Crippen molar-refractivity contribution in [2.75, 3.05) is 26.9 Å². The summed E-state index contributed by atoms with van der Waals surface area (Å²) in [6.07, 6.45) is -2.63. The Kier molecular flexibility index (Phi) is 6.61. The molecule has 11 heteroatoms. The second-order valence-electron chi connectivity index (χ2n) is 8.66. The minimum atomic E-state index is -2.44. The van der Waals surface area contributed by atoms with Gasteiger partial charge < -0.3 is 48.8 Å². The molecule has 0 aromatic carbocycles. The fourth-order valence-electron chi connectivity index (χ4n) is 5.04. The van der Waals surface area contributed by atoms with Crippen molar-refractivity contribution in [3.63, 3.8) is 0 Å². The summed E-state index contributed by atoms with van der Waals surface area (Å²) >= 11 is 0. The number of hydrogen-bond acceptors (Lipinski definition) is 11. The summed E-state index contributed by atoms with van der Waals surface area (Å²) in [6, 6.07) is 0. The van der Waals surface area contributed by atoms with Crippen LogP contribution in [-0.4, -0.2) is 101 Å². The quantitative estimate of drug-likeness (QED) is 0.389. The molecule has 0 aromatic rings. The first-order chi connectivity index (χ1) is 14.8. The number of ether oxygens (including phenoxy) is 6. The van der Waals surface area contributed by atoms with Crippen LogP contribution in [0.5, 0.6) is 0 Å². The molecule has 2 spiro atoms. The monoisotopic (exact) mass is 448 g/mol. The van der Waals surface area contributed by atoms with E-state index in [0.717, 1.165) is 32.8 Å². The molecule has 0 unspecified atom stereocenters. The first kappa shape index (κ1) is 23.3. The largest absolute Gasteiger partial charge is 0.465 e. The Morgan fingerprint density at radius 3 is 2.16 bits per heavy atom. The van der Waals surface area contributed by atoms with Crippen LogP contribution in [0.4, 0.5) is 0 Å². The summed E-state index contributed by atoms with van der Waals surface area (Å²) in [5.74, 6) is -5.99. The molecule has 31 heavy (non-hydrogen) atoms. The maximum absolute atomic E-state index is 12.3. The Labute approximate surface area is 180 Å². The van der Waals surface area contributed by atoms with Gasteiger partial charge in [-0.05, 0) is 25.7 Å². The van der Waals surface area contributed by atoms with Crippen LogP contribution in [0.1, 0.15) is 44.9 Å². The summed E-state index contributed by atoms with van der Waals surface area (Å²) < 4.78 is 35.3. The average molecular weight is 448 g/mol. The number of methoxy groups -OCH3 is 1. The molecule has 4 N–H and O–H groups in total. The van der Waals surface area contributed by atoms with E-state index in [1.807, 2.05) is 0 Å². The van der Waals surface area contributed by atoms with E-state index in [9.17, 15) is 25.2 Å². The Hall–Kier alpha value is -0.890. The van der Waals surface area contributed by atoms with Gasteiger partial charge in [0.1, 0.15) is 24.4 Å². The molecule has 4 rings (SSSR count). The van der Waals surface area contributed by atoms with Crippen LogP contribution < -0.4 is 0 Å². The summed E-state index contributed by atoms with van der Waals surface area (Å²) in [5.41, 5.74) is 0. The lowest BCUT2D eigenvalue weighted by Gasteiger charge is -2.61. The number of carbonyl (C=O) groups is 1. The number of carbonyl (C=O) groups excluding carboxylic acids is 1. The van der Waals surface area contributed by atoms with Crippen LogP contribution in [0.2, 0.25) is 0 Å². The number of aliphatic hydroxyl groups is 4. The van der Waals surface area contributed by atoms with Crippen LogP contribution in [0, 0.1) is 0 Å². The highest BCUT2D eigenvalue weighted by Gasteiger charge is 2.68. The maximum atomic E-state index is 12.3. The summed E-state index contributed by atoms with van der Waals surface area (Å²) in [4.78, 5) is 12.3. The molecule has 4 aliphatic rings. The van der Waals surface area contributed by atoms with E-state index in [4.69, 9.17) is 23.7 Å². The van der Waals surface area contributed by atoms with Crippen LogP contribution in [-0.2, 0) is 33.2 Å². The van der Waals surface area contributed by atoms with Crippen molar-refractivity contribution in [2.24, 2.45) is 0 Å². The maximum Gasteiger partial charge on any atom is 0.366 e. The average Bonchev–Trinajstić information content (AvgIpc) is 2.79. The van der Waals surface area contributed by atoms with E-state index in [0.29, 0.717) is 26.1 Å². The van der Waals surface area contributed by atoms with E-state index in [1.165, 1.54) is 0 Å². The molecule has 4 aliphatic heterocycles. The molecule has 0 amide bonds. The Morgan fingerprint density at radius 2 is 1.65 bits per heavy atom. The molecule has 4 heterocycles. The van der Waals surface area contributed by atoms with Crippen LogP contribution in [0.25, 0.3) is 0 Å². The van der Waals surface area contributed by atoms with Crippen molar-refractivity contribution in [2.45, 2.75) is 92.8 Å². The van der Waals surface area contributed by atoms with Crippen molar-refractivity contribution in [3.8, 4) is 0 Å². The molecular weight excluding hydrogens is 416 g/mol. The van der Waals surface area contributed by atoms with E-state index >= 15 is 0 Å². The van der Waals surface area contributed by atoms with Gasteiger partial charge in [-0.2, -0.15) is 0 Å². The lowest BCUT2D eigenvalue weighted by molar-refractivity contribution is -0.502. The van der Waals surface area contributed by atoms with Gasteiger partial charge in [-0.25, -0.2) is 4.79 Å². The van der Waals surface area contributed by atoms with Crippen LogP contribution in [0.15, 0.2) is 0 Å². The number of fused-ring (bicyclic) bond motifs is 2. The second-order valence-corrected chi connectivity index (χ2v) is 8.66. The van der Waals surface area contributed by atoms with Crippen LogP contribution in [0.3, 0.4) is 0 Å². The van der Waals surface area contributed by atoms with Crippen molar-refractivity contribution >= 4 is 5.97 Å². The fraction of sp³-hybridized carbons (Fsp3) is 0.950. The summed E-state index contributed by atoms with van der Waals surface area (Å²) in [7, 11) is 1.10. The lowest BCUT2D eigenvalue weighted by atomic mass is 9.84. The van der Waals surface area contributed by atoms with Gasteiger partial charge in [0.15, 0.2) is 0 Å². The SMILES string of the molecule is COC(=O)[C@@]1(O)C[C@H]2O[C@@]3(CCCCO3)[C@]3(CCCCO3)O[C@@H]2[C@@H]([C@@H](O)[C@@H](O)CO)O1. The minimum absolute atomic E-state index is 0.329. The standard InChI is InChI=1S/C20H32O11/c1-26-17(24)18(25)10-13-15(16(30-18)14(23)12(22)11-21)31-20(7-3-5-9-28-20)19(29-13)6-2-4-8-27-19/h12-16,21-23,25H,2-11H2,1H3/t12-,13+,14-,15-,16+,18+,19-,20-/m0/s1. The molecule has 0 aliphatic carbocycles. The molecule has 178 valence electrons. The third-order valence-electron chi connectivity index (χ3n) is 6.64. The van der Waals surface area contributed by atoms with Gasteiger partial charge in [0.25, 0.3) is 5.79 Å². The normalized spacial score (nSPS) is 45.1. The predicted octanol–water partition coefficient (Wildman–Crippen LogP) is -1.07. The van der Waals surface area contributed by atoms with E-state index in [1.54, 1.807) is 0 Å². The zero-order valence-electron chi connectivity index (χ0n) is 17.6. The second kappa shape index (κ2) is 8.81. The molecule has 0 radical (unpaired) electrons. The molecule has 11 nitrogen and oxygen atoms in total. The molecule has 4 fully saturated rings. The summed E-state index contributed by atoms with van der Waals surface area (Å²) in [6.45, 7) is 0.120. The van der Waals surface area contributed by atoms with Crippen molar-refractivity contribution in [1.82, 2.24) is 0 Å². The van der Waals surface area contributed by atoms with E-state index < -0.39 is 60.5 Å². The smallest absolute Gasteiger partial charge is 0.366 e. The Balaban J connectivity index is 1.71. The van der Waals surface area contributed by atoms with Gasteiger partial charge in [0, 0.05) is 19.3 Å². The van der Waals surface area contributed by atoms with Crippen molar-refractivity contribution in [1.29, 1.82) is 0 Å². The van der Waals surface area contributed by atoms with Crippen molar-refractivity contribution < 1.29 is 53.6 Å². The van der Waals surface area contributed by atoms with Gasteiger partial charge in [-0.15, -0.1) is 0 Å². The summed E-state index contributed by atoms with van der Waals surface area (Å²) in [5, 5.41) is 40.9. The minimum Gasteiger partial charge on any atom is -0.465 e. The number of aliphatic hydroxyl groups excluding tert-OH is 3. The van der Waals surface area contributed by atoms with Gasteiger partial charge in [-0.3, -0.25) is 0 Å². The third kappa shape index (κ3) is 3.90. The third-order valence-corrected chi connectivity index (χ3v) is 6.64. The zero-order valence-corrected chi connectivity index (χ0v) is 17.6. The van der Waals surface area contributed by atoms with E-state index in [2.05, 4.69) is 4.74 Å². The first-order valence-electron chi connectivity index (χ1n) is 10.9. The molecular formula is C20H32O11. The topological polar surface area (TPSA) is 153 Å². The number of hydrogen-bond donors (Lipinski definition) is 4.